The fourth-order valence-electron chi connectivity index (χ4n) is 3.46. The number of amides is 1. The van der Waals surface area contributed by atoms with Crippen LogP contribution in [0.1, 0.15) is 60.5 Å². The summed E-state index contributed by atoms with van der Waals surface area (Å²) in [4.78, 5) is 12.2. The summed E-state index contributed by atoms with van der Waals surface area (Å²) in [6.07, 6.45) is 6.04. The Balaban J connectivity index is 1.52. The van der Waals surface area contributed by atoms with E-state index >= 15 is 0 Å². The van der Waals surface area contributed by atoms with Gasteiger partial charge in [-0.3, -0.25) is 4.79 Å². The Hall–Kier alpha value is -2.09. The van der Waals surface area contributed by atoms with Crippen molar-refractivity contribution in [3.8, 4) is 0 Å². The number of hydrogen-bond donors (Lipinski definition) is 1. The van der Waals surface area contributed by atoms with E-state index < -0.39 is 0 Å². The lowest BCUT2D eigenvalue weighted by Crippen LogP contribution is -2.26. The summed E-state index contributed by atoms with van der Waals surface area (Å²) < 4.78 is 0. The minimum atomic E-state index is 0.0749. The lowest BCUT2D eigenvalue weighted by Gasteiger charge is -2.16. The quantitative estimate of drug-likeness (QED) is 0.831. The lowest BCUT2D eigenvalue weighted by molar-refractivity contribution is -0.121. The van der Waals surface area contributed by atoms with Gasteiger partial charge in [0.25, 0.3) is 0 Å². The average molecular weight is 321 g/mol. The molecule has 0 saturated heterocycles. The van der Waals surface area contributed by atoms with Crippen molar-refractivity contribution in [1.82, 2.24) is 5.32 Å². The van der Waals surface area contributed by atoms with Crippen LogP contribution < -0.4 is 5.32 Å². The number of hydrogen-bond acceptors (Lipinski definition) is 1. The van der Waals surface area contributed by atoms with Crippen molar-refractivity contribution < 1.29 is 4.79 Å². The van der Waals surface area contributed by atoms with Gasteiger partial charge in [-0.15, -0.1) is 0 Å². The highest BCUT2D eigenvalue weighted by Crippen LogP contribution is 2.25. The largest absolute Gasteiger partial charge is 0.350 e. The second-order valence-corrected chi connectivity index (χ2v) is 6.84. The second-order valence-electron chi connectivity index (χ2n) is 6.84. The molecule has 0 bridgehead atoms. The summed E-state index contributed by atoms with van der Waals surface area (Å²) >= 11 is 0. The predicted octanol–water partition coefficient (Wildman–Crippen LogP) is 4.55. The van der Waals surface area contributed by atoms with Crippen LogP contribution in [0.3, 0.4) is 0 Å². The van der Waals surface area contributed by atoms with Gasteiger partial charge < -0.3 is 5.32 Å². The Kier molecular flexibility index (Phi) is 5.34. The van der Waals surface area contributed by atoms with Gasteiger partial charge in [0.05, 0.1) is 6.04 Å². The molecule has 1 unspecified atom stereocenters. The van der Waals surface area contributed by atoms with Gasteiger partial charge >= 0.3 is 0 Å². The molecule has 0 fully saturated rings. The topological polar surface area (TPSA) is 29.1 Å². The lowest BCUT2D eigenvalue weighted by atomic mass is 10.0. The van der Waals surface area contributed by atoms with Crippen molar-refractivity contribution in [2.24, 2.45) is 0 Å². The zero-order chi connectivity index (χ0) is 16.9. The number of carbonyl (C=O) groups is 1. The molecule has 0 aliphatic heterocycles. The monoisotopic (exact) mass is 321 g/mol. The molecule has 0 aromatic heterocycles. The summed E-state index contributed by atoms with van der Waals surface area (Å²) in [5.41, 5.74) is 6.73. The maximum atomic E-state index is 12.2. The first-order chi connectivity index (χ1) is 11.7. The van der Waals surface area contributed by atoms with Crippen LogP contribution in [0.2, 0.25) is 0 Å². The third-order valence-corrected chi connectivity index (χ3v) is 5.07. The Morgan fingerprint density at radius 2 is 1.75 bits per heavy atom. The molecular formula is C22H27NO. The molecule has 1 amide bonds. The molecular weight excluding hydrogens is 294 g/mol. The number of nitrogens with one attached hydrogen (secondary N) is 1. The number of rotatable bonds is 6. The van der Waals surface area contributed by atoms with E-state index in [2.05, 4.69) is 61.6 Å². The fraction of sp³-hybridized carbons (Fsp3) is 0.409. The van der Waals surface area contributed by atoms with Crippen molar-refractivity contribution in [3.63, 3.8) is 0 Å². The van der Waals surface area contributed by atoms with Crippen molar-refractivity contribution in [1.29, 1.82) is 0 Å². The Morgan fingerprint density at radius 1 is 1.04 bits per heavy atom. The minimum absolute atomic E-state index is 0.0749. The Labute approximate surface area is 145 Å². The molecule has 2 nitrogen and oxygen atoms in total. The van der Waals surface area contributed by atoms with Gasteiger partial charge in [-0.2, -0.15) is 0 Å². The van der Waals surface area contributed by atoms with Gasteiger partial charge in [0.2, 0.25) is 5.91 Å². The summed E-state index contributed by atoms with van der Waals surface area (Å²) in [5, 5.41) is 3.14. The van der Waals surface area contributed by atoms with Gasteiger partial charge in [0, 0.05) is 6.42 Å². The molecule has 0 saturated carbocycles. The van der Waals surface area contributed by atoms with Gasteiger partial charge in [0.1, 0.15) is 0 Å². The molecule has 3 rings (SSSR count). The summed E-state index contributed by atoms with van der Waals surface area (Å²) in [5.74, 6) is 0.127. The van der Waals surface area contributed by atoms with E-state index in [1.54, 1.807) is 0 Å². The van der Waals surface area contributed by atoms with Crippen molar-refractivity contribution in [2.75, 3.05) is 0 Å². The predicted molar refractivity (Wildman–Crippen MR) is 99.2 cm³/mol. The molecule has 2 aromatic rings. The molecule has 0 spiro atoms. The summed E-state index contributed by atoms with van der Waals surface area (Å²) in [6, 6.07) is 15.3. The van der Waals surface area contributed by atoms with E-state index in [0.717, 1.165) is 12.8 Å². The first-order valence-corrected chi connectivity index (χ1v) is 9.14. The first kappa shape index (κ1) is 16.8. The molecule has 1 N–H and O–H groups in total. The van der Waals surface area contributed by atoms with E-state index in [1.807, 2.05) is 0 Å². The van der Waals surface area contributed by atoms with Gasteiger partial charge in [-0.1, -0.05) is 49.4 Å². The van der Waals surface area contributed by atoms with E-state index in [1.165, 1.54) is 47.1 Å². The third kappa shape index (κ3) is 4.05. The fourth-order valence-corrected chi connectivity index (χ4v) is 3.46. The third-order valence-electron chi connectivity index (χ3n) is 5.07. The van der Waals surface area contributed by atoms with E-state index in [0.29, 0.717) is 6.42 Å². The zero-order valence-electron chi connectivity index (χ0n) is 14.8. The van der Waals surface area contributed by atoms with Crippen LogP contribution in [0.25, 0.3) is 0 Å². The van der Waals surface area contributed by atoms with Crippen LogP contribution in [0.4, 0.5) is 0 Å². The van der Waals surface area contributed by atoms with Crippen LogP contribution in [-0.4, -0.2) is 5.91 Å². The maximum Gasteiger partial charge on any atom is 0.220 e. The molecule has 1 aliphatic carbocycles. The van der Waals surface area contributed by atoms with Crippen LogP contribution in [0, 0.1) is 0 Å². The van der Waals surface area contributed by atoms with E-state index in [4.69, 9.17) is 0 Å². The highest BCUT2D eigenvalue weighted by Gasteiger charge is 2.14. The molecule has 24 heavy (non-hydrogen) atoms. The molecule has 0 radical (unpaired) electrons. The van der Waals surface area contributed by atoms with Crippen LogP contribution in [0.5, 0.6) is 0 Å². The Bertz CT molecular complexity index is 702. The normalized spacial score (nSPS) is 14.2. The van der Waals surface area contributed by atoms with Gasteiger partial charge in [-0.05, 0) is 66.8 Å². The minimum Gasteiger partial charge on any atom is -0.350 e. The van der Waals surface area contributed by atoms with E-state index in [9.17, 15) is 4.79 Å². The summed E-state index contributed by atoms with van der Waals surface area (Å²) in [6.45, 7) is 4.23. The highest BCUT2D eigenvalue weighted by atomic mass is 16.1. The molecule has 1 aliphatic rings. The Morgan fingerprint density at radius 3 is 2.50 bits per heavy atom. The van der Waals surface area contributed by atoms with Crippen LogP contribution in [-0.2, 0) is 30.5 Å². The number of benzene rings is 2. The molecule has 2 aromatic carbocycles. The number of carbonyl (C=O) groups excluding carboxylic acids is 1. The zero-order valence-corrected chi connectivity index (χ0v) is 14.8. The molecule has 1 atom stereocenters. The standard InChI is InChI=1S/C22H27NO/c1-3-17-7-9-18(10-8-17)11-14-22(24)23-16(2)20-13-12-19-5-4-6-21(19)15-20/h7-10,12-13,15-16H,3-6,11,14H2,1-2H3,(H,23,24). The number of aryl methyl sites for hydroxylation is 4. The molecule has 126 valence electrons. The highest BCUT2D eigenvalue weighted by molar-refractivity contribution is 5.76. The van der Waals surface area contributed by atoms with Crippen molar-refractivity contribution in [3.05, 3.63) is 70.3 Å². The van der Waals surface area contributed by atoms with Crippen LogP contribution >= 0.6 is 0 Å². The smallest absolute Gasteiger partial charge is 0.220 e. The van der Waals surface area contributed by atoms with Crippen molar-refractivity contribution in [2.45, 2.75) is 58.4 Å². The second kappa shape index (κ2) is 7.65. The SMILES string of the molecule is CCc1ccc(CCC(=O)NC(C)c2ccc3c(c2)CCC3)cc1. The average Bonchev–Trinajstić information content (AvgIpc) is 3.08. The van der Waals surface area contributed by atoms with Gasteiger partial charge in [-0.25, -0.2) is 0 Å². The maximum absolute atomic E-state index is 12.2. The summed E-state index contributed by atoms with van der Waals surface area (Å²) in [7, 11) is 0. The first-order valence-electron chi connectivity index (χ1n) is 9.14. The van der Waals surface area contributed by atoms with Gasteiger partial charge in [0.15, 0.2) is 0 Å². The number of fused-ring (bicyclic) bond motifs is 1. The molecule has 2 heteroatoms. The van der Waals surface area contributed by atoms with E-state index in [-0.39, 0.29) is 11.9 Å². The van der Waals surface area contributed by atoms with Crippen molar-refractivity contribution >= 4 is 5.91 Å². The molecule has 0 heterocycles. The van der Waals surface area contributed by atoms with Crippen LogP contribution in [0.15, 0.2) is 42.5 Å².